The third kappa shape index (κ3) is 4.45. The minimum Gasteiger partial charge on any atom is -0.367 e. The van der Waals surface area contributed by atoms with Gasteiger partial charge in [0.1, 0.15) is 17.3 Å². The van der Waals surface area contributed by atoms with Crippen LogP contribution in [-0.2, 0) is 0 Å². The van der Waals surface area contributed by atoms with Crippen LogP contribution in [0.25, 0.3) is 0 Å². The van der Waals surface area contributed by atoms with Crippen molar-refractivity contribution in [3.63, 3.8) is 0 Å². The Hall–Kier alpha value is -0.830. The Morgan fingerprint density at radius 1 is 1.11 bits per heavy atom. The molecule has 18 heavy (non-hydrogen) atoms. The molecule has 0 saturated carbocycles. The van der Waals surface area contributed by atoms with Crippen molar-refractivity contribution in [2.45, 2.75) is 59.4 Å². The summed E-state index contributed by atoms with van der Waals surface area (Å²) in [5.41, 5.74) is 1.01. The summed E-state index contributed by atoms with van der Waals surface area (Å²) in [5.74, 6) is 1.92. The molecule has 0 spiro atoms. The zero-order chi connectivity index (χ0) is 13.7. The molecule has 1 aromatic heterocycles. The van der Waals surface area contributed by atoms with Gasteiger partial charge in [-0.3, -0.25) is 0 Å². The number of anilines is 1. The molecule has 1 heterocycles. The topological polar surface area (TPSA) is 37.8 Å². The second kappa shape index (κ2) is 6.93. The molecular formula is C14H24ClN3. The fourth-order valence-corrected chi connectivity index (χ4v) is 2.24. The predicted octanol–water partition coefficient (Wildman–Crippen LogP) is 4.49. The summed E-state index contributed by atoms with van der Waals surface area (Å²) in [4.78, 5) is 8.38. The fourth-order valence-electron chi connectivity index (χ4n) is 1.89. The van der Waals surface area contributed by atoms with Crippen molar-refractivity contribution in [1.82, 2.24) is 9.97 Å². The van der Waals surface area contributed by atoms with Gasteiger partial charge in [-0.1, -0.05) is 39.3 Å². The summed E-state index contributed by atoms with van der Waals surface area (Å²) < 4.78 is 0. The molecule has 0 aromatic carbocycles. The van der Waals surface area contributed by atoms with Crippen LogP contribution < -0.4 is 5.32 Å². The van der Waals surface area contributed by atoms with Crippen molar-refractivity contribution in [2.75, 3.05) is 5.32 Å². The van der Waals surface area contributed by atoms with Gasteiger partial charge >= 0.3 is 0 Å². The van der Waals surface area contributed by atoms with E-state index in [2.05, 4.69) is 49.9 Å². The first kappa shape index (κ1) is 15.2. The standard InChI is InChI=1S/C14H24ClN3/c1-9(2)6-7-11(5)18-14-12(10(3)4)13(15)16-8-17-14/h8-11H,6-7H2,1-5H3,(H,16,17,18). The summed E-state index contributed by atoms with van der Waals surface area (Å²) in [7, 11) is 0. The number of hydrogen-bond acceptors (Lipinski definition) is 3. The normalized spacial score (nSPS) is 13.1. The summed E-state index contributed by atoms with van der Waals surface area (Å²) in [6.07, 6.45) is 3.87. The van der Waals surface area contributed by atoms with Crippen LogP contribution in [-0.4, -0.2) is 16.0 Å². The molecule has 1 aromatic rings. The zero-order valence-electron chi connectivity index (χ0n) is 12.0. The molecule has 0 bridgehead atoms. The lowest BCUT2D eigenvalue weighted by Crippen LogP contribution is -2.18. The molecule has 1 atom stereocenters. The third-order valence-electron chi connectivity index (χ3n) is 2.97. The van der Waals surface area contributed by atoms with Gasteiger partial charge in [0.25, 0.3) is 0 Å². The molecule has 1 rings (SSSR count). The Morgan fingerprint density at radius 2 is 1.78 bits per heavy atom. The number of hydrogen-bond donors (Lipinski definition) is 1. The van der Waals surface area contributed by atoms with Crippen molar-refractivity contribution < 1.29 is 0 Å². The van der Waals surface area contributed by atoms with Crippen LogP contribution in [0.3, 0.4) is 0 Å². The monoisotopic (exact) mass is 269 g/mol. The third-order valence-corrected chi connectivity index (χ3v) is 3.27. The van der Waals surface area contributed by atoms with E-state index in [-0.39, 0.29) is 0 Å². The average Bonchev–Trinajstić information content (AvgIpc) is 2.26. The molecule has 0 fully saturated rings. The van der Waals surface area contributed by atoms with Gasteiger partial charge in [-0.15, -0.1) is 0 Å². The molecule has 4 heteroatoms. The molecule has 0 amide bonds. The van der Waals surface area contributed by atoms with Gasteiger partial charge in [-0.25, -0.2) is 9.97 Å². The maximum atomic E-state index is 6.14. The Balaban J connectivity index is 2.75. The fraction of sp³-hybridized carbons (Fsp3) is 0.714. The largest absolute Gasteiger partial charge is 0.367 e. The van der Waals surface area contributed by atoms with Crippen molar-refractivity contribution in [3.05, 3.63) is 17.0 Å². The Kier molecular flexibility index (Phi) is 5.86. The van der Waals surface area contributed by atoms with E-state index >= 15 is 0 Å². The highest BCUT2D eigenvalue weighted by atomic mass is 35.5. The maximum absolute atomic E-state index is 6.14. The quantitative estimate of drug-likeness (QED) is 0.773. The molecule has 0 aliphatic carbocycles. The molecule has 1 unspecified atom stereocenters. The molecule has 102 valence electrons. The zero-order valence-corrected chi connectivity index (χ0v) is 12.8. The van der Waals surface area contributed by atoms with Crippen molar-refractivity contribution in [3.8, 4) is 0 Å². The summed E-state index contributed by atoms with van der Waals surface area (Å²) in [5, 5.41) is 4.01. The smallest absolute Gasteiger partial charge is 0.138 e. The molecule has 0 saturated heterocycles. The number of nitrogens with zero attached hydrogens (tertiary/aromatic N) is 2. The van der Waals surface area contributed by atoms with Gasteiger partial charge in [0, 0.05) is 11.6 Å². The van der Waals surface area contributed by atoms with E-state index in [1.807, 2.05) is 0 Å². The highest BCUT2D eigenvalue weighted by Gasteiger charge is 2.15. The number of nitrogens with one attached hydrogen (secondary N) is 1. The van der Waals surface area contributed by atoms with E-state index in [0.29, 0.717) is 17.1 Å². The van der Waals surface area contributed by atoms with Crippen molar-refractivity contribution in [1.29, 1.82) is 0 Å². The molecule has 0 aliphatic rings. The average molecular weight is 270 g/mol. The van der Waals surface area contributed by atoms with Gasteiger partial charge in [0.15, 0.2) is 0 Å². The van der Waals surface area contributed by atoms with Gasteiger partial charge in [0.05, 0.1) is 0 Å². The second-order valence-corrected chi connectivity index (χ2v) is 5.96. The van der Waals surface area contributed by atoms with Crippen LogP contribution in [0, 0.1) is 5.92 Å². The number of rotatable bonds is 6. The van der Waals surface area contributed by atoms with Gasteiger partial charge in [-0.2, -0.15) is 0 Å². The summed E-state index contributed by atoms with van der Waals surface area (Å²) >= 11 is 6.14. The van der Waals surface area contributed by atoms with Crippen LogP contribution in [0.2, 0.25) is 5.15 Å². The lowest BCUT2D eigenvalue weighted by atomic mass is 10.0. The van der Waals surface area contributed by atoms with E-state index in [9.17, 15) is 0 Å². The van der Waals surface area contributed by atoms with Crippen LogP contribution in [0.5, 0.6) is 0 Å². The molecule has 0 aliphatic heterocycles. The lowest BCUT2D eigenvalue weighted by Gasteiger charge is -2.19. The number of halogens is 1. The van der Waals surface area contributed by atoms with E-state index in [0.717, 1.165) is 23.7 Å². The maximum Gasteiger partial charge on any atom is 0.138 e. The molecular weight excluding hydrogens is 246 g/mol. The van der Waals surface area contributed by atoms with Crippen LogP contribution in [0.1, 0.15) is 58.9 Å². The lowest BCUT2D eigenvalue weighted by molar-refractivity contribution is 0.526. The number of aromatic nitrogens is 2. The van der Waals surface area contributed by atoms with Crippen molar-refractivity contribution in [2.24, 2.45) is 5.92 Å². The Bertz CT molecular complexity index is 377. The van der Waals surface area contributed by atoms with Crippen LogP contribution >= 0.6 is 11.6 Å². The van der Waals surface area contributed by atoms with Gasteiger partial charge < -0.3 is 5.32 Å². The van der Waals surface area contributed by atoms with Gasteiger partial charge in [0.2, 0.25) is 0 Å². The molecule has 1 N–H and O–H groups in total. The van der Waals surface area contributed by atoms with E-state index in [4.69, 9.17) is 11.6 Å². The molecule has 0 radical (unpaired) electrons. The van der Waals surface area contributed by atoms with Crippen LogP contribution in [0.4, 0.5) is 5.82 Å². The first-order valence-corrected chi connectivity index (χ1v) is 7.06. The SMILES string of the molecule is CC(C)CCC(C)Nc1ncnc(Cl)c1C(C)C. The first-order valence-electron chi connectivity index (χ1n) is 6.68. The van der Waals surface area contributed by atoms with E-state index in [1.54, 1.807) is 0 Å². The Labute approximate surface area is 115 Å². The second-order valence-electron chi connectivity index (χ2n) is 5.60. The van der Waals surface area contributed by atoms with E-state index in [1.165, 1.54) is 12.7 Å². The summed E-state index contributed by atoms with van der Waals surface area (Å²) in [6.45, 7) is 10.9. The van der Waals surface area contributed by atoms with Crippen molar-refractivity contribution >= 4 is 17.4 Å². The minimum atomic E-state index is 0.318. The first-order chi connectivity index (χ1) is 8.41. The van der Waals surface area contributed by atoms with Gasteiger partial charge in [-0.05, 0) is 31.6 Å². The Morgan fingerprint density at radius 3 is 2.33 bits per heavy atom. The van der Waals surface area contributed by atoms with Crippen LogP contribution in [0.15, 0.2) is 6.33 Å². The summed E-state index contributed by atoms with van der Waals surface area (Å²) in [6, 6.07) is 0.399. The minimum absolute atomic E-state index is 0.318. The van der Waals surface area contributed by atoms with E-state index < -0.39 is 0 Å². The highest BCUT2D eigenvalue weighted by molar-refractivity contribution is 6.30. The molecule has 3 nitrogen and oxygen atoms in total. The predicted molar refractivity (Wildman–Crippen MR) is 78.3 cm³/mol. The highest BCUT2D eigenvalue weighted by Crippen LogP contribution is 2.28.